The maximum Gasteiger partial charge on any atom is 0.320 e. The molecule has 69 heavy (non-hydrogen) atoms. The van der Waals surface area contributed by atoms with Crippen molar-refractivity contribution in [2.45, 2.75) is 138 Å². The highest BCUT2D eigenvalue weighted by Gasteiger charge is 2.56. The third kappa shape index (κ3) is 9.99. The third-order valence-electron chi connectivity index (χ3n) is 17.9. The molecule has 0 atom stereocenters. The van der Waals surface area contributed by atoms with Crippen molar-refractivity contribution in [1.82, 2.24) is 29.8 Å². The molecule has 0 aromatic heterocycles. The van der Waals surface area contributed by atoms with Gasteiger partial charge in [-0.15, -0.1) is 0 Å². The molecule has 2 heterocycles. The van der Waals surface area contributed by atoms with Crippen LogP contribution in [0.5, 0.6) is 11.5 Å². The number of carbonyl (C=O) groups excluding carboxylic acids is 2. The summed E-state index contributed by atoms with van der Waals surface area (Å²) in [6, 6.07) is 38.7. The summed E-state index contributed by atoms with van der Waals surface area (Å²) in [7, 11) is 7.78. The molecule has 2 spiro atoms. The molecule has 0 unspecified atom stereocenters. The maximum atomic E-state index is 13.9. The van der Waals surface area contributed by atoms with Gasteiger partial charge in [0, 0.05) is 50.3 Å². The van der Waals surface area contributed by atoms with Gasteiger partial charge in [0.25, 0.3) is 0 Å². The molecule has 6 fully saturated rings. The zero-order chi connectivity index (χ0) is 48.1. The summed E-state index contributed by atoms with van der Waals surface area (Å²) in [6.45, 7) is 8.16. The molecule has 10 nitrogen and oxygen atoms in total. The van der Waals surface area contributed by atoms with Gasteiger partial charge in [-0.3, -0.25) is 4.90 Å². The van der Waals surface area contributed by atoms with Crippen LogP contribution in [0.2, 0.25) is 0 Å². The van der Waals surface area contributed by atoms with Crippen LogP contribution in [-0.2, 0) is 24.2 Å². The Morgan fingerprint density at radius 2 is 1.04 bits per heavy atom. The Morgan fingerprint density at radius 3 is 1.45 bits per heavy atom. The highest BCUT2D eigenvalue weighted by molar-refractivity contribution is 5.79. The van der Waals surface area contributed by atoms with Gasteiger partial charge >= 0.3 is 12.1 Å². The van der Waals surface area contributed by atoms with E-state index in [2.05, 4.69) is 136 Å². The van der Waals surface area contributed by atoms with E-state index in [1.807, 2.05) is 24.3 Å². The van der Waals surface area contributed by atoms with E-state index in [-0.39, 0.29) is 34.2 Å². The number of amides is 4. The molecule has 4 saturated carbocycles. The van der Waals surface area contributed by atoms with Gasteiger partial charge in [0.1, 0.15) is 11.5 Å². The zero-order valence-electron chi connectivity index (χ0n) is 42.5. The average Bonchev–Trinajstić information content (AvgIpc) is 3.75. The smallest absolute Gasteiger partial charge is 0.320 e. The Hall–Kier alpha value is -5.06. The van der Waals surface area contributed by atoms with Crippen molar-refractivity contribution in [2.75, 3.05) is 61.0 Å². The van der Waals surface area contributed by atoms with E-state index in [1.165, 1.54) is 49.7 Å². The Labute approximate surface area is 413 Å². The minimum absolute atomic E-state index is 0.00207. The molecule has 1 N–H and O–H groups in total. The molecule has 4 amide bonds. The minimum Gasteiger partial charge on any atom is -0.497 e. The summed E-state index contributed by atoms with van der Waals surface area (Å²) in [5, 5.41) is 3.66. The first kappa shape index (κ1) is 48.9. The topological polar surface area (TPSA) is 80.8 Å². The third-order valence-corrected chi connectivity index (χ3v) is 17.9. The maximum absolute atomic E-state index is 13.9. The largest absolute Gasteiger partial charge is 0.497 e. The molecule has 6 aliphatic rings. The molecule has 10 heteroatoms. The Morgan fingerprint density at radius 1 is 0.594 bits per heavy atom. The van der Waals surface area contributed by atoms with Crippen LogP contribution in [0, 0.1) is 11.8 Å². The predicted octanol–water partition coefficient (Wildman–Crippen LogP) is 11.4. The number of hydrogen-bond donors (Lipinski definition) is 1. The second kappa shape index (κ2) is 21.1. The van der Waals surface area contributed by atoms with Crippen LogP contribution in [-0.4, -0.2) is 109 Å². The molecule has 4 aromatic carbocycles. The number of methoxy groups -OCH3 is 2. The number of nitrogens with zero attached hydrogens (tertiary/aromatic N) is 5. The van der Waals surface area contributed by atoms with Gasteiger partial charge in [0.05, 0.1) is 25.3 Å². The van der Waals surface area contributed by atoms with Gasteiger partial charge in [-0.05, 0) is 162 Å². The summed E-state index contributed by atoms with van der Waals surface area (Å²) >= 11 is 0. The molecule has 4 aliphatic carbocycles. The number of urea groups is 2. The van der Waals surface area contributed by atoms with Crippen LogP contribution in [0.3, 0.4) is 0 Å². The first-order valence-electron chi connectivity index (χ1n) is 26.5. The van der Waals surface area contributed by atoms with Crippen molar-refractivity contribution in [3.05, 3.63) is 131 Å². The molecule has 370 valence electrons. The second-order valence-electron chi connectivity index (χ2n) is 21.8. The fraction of sp³-hybridized carbons (Fsp3) is 0.559. The van der Waals surface area contributed by atoms with Gasteiger partial charge in [0.15, 0.2) is 0 Å². The van der Waals surface area contributed by atoms with Crippen LogP contribution >= 0.6 is 0 Å². The number of carbonyl (C=O) groups is 2. The number of ether oxygens (including phenoxy) is 2. The highest BCUT2D eigenvalue weighted by Crippen LogP contribution is 2.51. The fourth-order valence-electron chi connectivity index (χ4n) is 13.2. The van der Waals surface area contributed by atoms with Crippen molar-refractivity contribution in [2.24, 2.45) is 11.8 Å². The lowest BCUT2D eigenvalue weighted by Crippen LogP contribution is -2.57. The zero-order valence-corrected chi connectivity index (χ0v) is 42.5. The Kier molecular flexibility index (Phi) is 15.0. The minimum atomic E-state index is -0.0587. The van der Waals surface area contributed by atoms with Crippen LogP contribution in [0.4, 0.5) is 9.59 Å². The number of nitrogens with one attached hydrogen (secondary N) is 1. The van der Waals surface area contributed by atoms with Crippen molar-refractivity contribution < 1.29 is 19.1 Å². The van der Waals surface area contributed by atoms with Crippen molar-refractivity contribution >= 4 is 12.1 Å². The molecule has 2 aliphatic heterocycles. The fourth-order valence-corrected chi connectivity index (χ4v) is 13.2. The highest BCUT2D eigenvalue weighted by atomic mass is 16.5. The summed E-state index contributed by atoms with van der Waals surface area (Å²) in [5.74, 6) is 3.04. The lowest BCUT2D eigenvalue weighted by Gasteiger charge is -2.52. The molecule has 2 saturated heterocycles. The number of hydrogen-bond acceptors (Lipinski definition) is 6. The lowest BCUT2D eigenvalue weighted by molar-refractivity contribution is 0.00476. The molecular formula is C59H80N6O4. The summed E-state index contributed by atoms with van der Waals surface area (Å²) in [5.41, 5.74) is 5.00. The molecule has 10 rings (SSSR count). The molecule has 0 bridgehead atoms. The van der Waals surface area contributed by atoms with Crippen LogP contribution in [0.1, 0.15) is 125 Å². The Balaban J connectivity index is 0.000000172. The van der Waals surface area contributed by atoms with Crippen LogP contribution < -0.4 is 14.8 Å². The standard InChI is InChI=1S/C31H43N3O2.C28H37N3O2/c1-4-20-32(2)31(27-13-6-5-7-14-27)18-16-30(17-19-31)24-33(22-26-12-9-15-28(21-26)36-3)29(35)34(30)23-25-10-8-11-25;1-29-28(24-11-4-3-5-12-24)16-14-27(15-17-28)21-30(19-23-10-7-13-25(18-23)33-2)26(32)31(27)20-22-8-6-9-22/h5-7,9,12-15,21,25H,4,8,10-11,16-20,22-24H2,1-3H3;3-5,7,10-13,18,22,29H,6,8-9,14-17,19-21H2,1-2H3. The van der Waals surface area contributed by atoms with Crippen molar-refractivity contribution in [3.63, 3.8) is 0 Å². The molecule has 0 radical (unpaired) electrons. The van der Waals surface area contributed by atoms with Gasteiger partial charge in [-0.2, -0.15) is 0 Å². The SMILES string of the molecule is CCCN(C)C1(c2ccccc2)CCC2(CC1)CN(Cc1cccc(OC)c1)C(=O)N2CC1CCC1.CNC1(c2ccccc2)CCC2(CC1)CN(Cc1cccc(OC)c1)C(=O)N2CC1CCC1. The van der Waals surface area contributed by atoms with Gasteiger partial charge < -0.3 is 34.4 Å². The predicted molar refractivity (Wildman–Crippen MR) is 276 cm³/mol. The Bertz CT molecular complexity index is 2320. The van der Waals surface area contributed by atoms with E-state index in [0.717, 1.165) is 113 Å². The van der Waals surface area contributed by atoms with Crippen LogP contribution in [0.25, 0.3) is 0 Å². The van der Waals surface area contributed by atoms with E-state index < -0.39 is 0 Å². The van der Waals surface area contributed by atoms with E-state index in [9.17, 15) is 9.59 Å². The summed E-state index contributed by atoms with van der Waals surface area (Å²) < 4.78 is 10.8. The van der Waals surface area contributed by atoms with Gasteiger partial charge in [-0.25, -0.2) is 9.59 Å². The number of benzene rings is 4. The second-order valence-corrected chi connectivity index (χ2v) is 21.8. The normalized spacial score (nSPS) is 27.2. The number of rotatable bonds is 16. The average molecular weight is 937 g/mol. The van der Waals surface area contributed by atoms with Crippen LogP contribution in [0.15, 0.2) is 109 Å². The first-order valence-corrected chi connectivity index (χ1v) is 26.5. The monoisotopic (exact) mass is 937 g/mol. The van der Waals surface area contributed by atoms with E-state index in [4.69, 9.17) is 9.47 Å². The molecule has 4 aromatic rings. The quantitative estimate of drug-likeness (QED) is 0.121. The first-order chi connectivity index (χ1) is 33.6. The van der Waals surface area contributed by atoms with E-state index in [0.29, 0.717) is 24.9 Å². The summed E-state index contributed by atoms with van der Waals surface area (Å²) in [4.78, 5) is 39.0. The lowest BCUT2D eigenvalue weighted by atomic mass is 9.67. The van der Waals surface area contributed by atoms with Gasteiger partial charge in [-0.1, -0.05) is 105 Å². The van der Waals surface area contributed by atoms with Gasteiger partial charge in [0.2, 0.25) is 0 Å². The van der Waals surface area contributed by atoms with Crippen molar-refractivity contribution in [1.29, 1.82) is 0 Å². The molecular weight excluding hydrogens is 857 g/mol. The van der Waals surface area contributed by atoms with Crippen molar-refractivity contribution in [3.8, 4) is 11.5 Å². The summed E-state index contributed by atoms with van der Waals surface area (Å²) in [6.07, 6.45) is 17.3. The van der Waals surface area contributed by atoms with E-state index >= 15 is 0 Å². The van der Waals surface area contributed by atoms with E-state index in [1.54, 1.807) is 14.2 Å².